The van der Waals surface area contributed by atoms with Crippen LogP contribution < -0.4 is 0 Å². The Morgan fingerprint density at radius 3 is 2.93 bits per heavy atom. The van der Waals surface area contributed by atoms with E-state index in [2.05, 4.69) is 12.1 Å². The lowest BCUT2D eigenvalue weighted by atomic mass is 10.0. The zero-order chi connectivity index (χ0) is 10.7. The number of Topliss-reactive ketones (excluding diaryl/α,β-unsaturated/α-hetero) is 1. The average molecular weight is 220 g/mol. The van der Waals surface area contributed by atoms with Gasteiger partial charge < -0.3 is 0 Å². The van der Waals surface area contributed by atoms with Crippen LogP contribution in [0.4, 0.5) is 0 Å². The lowest BCUT2D eigenvalue weighted by molar-refractivity contribution is 0.0989. The summed E-state index contributed by atoms with van der Waals surface area (Å²) in [6.07, 6.45) is 6.29. The molecule has 1 nitrogen and oxygen atoms in total. The standard InChI is InChI=1S/C13H16OS/c1-15-8-7-13(14)12-6-5-10-3-2-4-11(10)9-12/h5-6,9H,2-4,7-8H2,1H3. The molecule has 80 valence electrons. The second-order valence-electron chi connectivity index (χ2n) is 4.00. The van der Waals surface area contributed by atoms with Crippen LogP contribution in [-0.4, -0.2) is 17.8 Å². The van der Waals surface area contributed by atoms with Crippen LogP contribution in [0.1, 0.15) is 34.3 Å². The maximum absolute atomic E-state index is 11.8. The molecule has 2 heteroatoms. The quantitative estimate of drug-likeness (QED) is 0.725. The maximum Gasteiger partial charge on any atom is 0.163 e. The normalized spacial score (nSPS) is 13.9. The minimum atomic E-state index is 0.291. The molecule has 0 spiro atoms. The van der Waals surface area contributed by atoms with Gasteiger partial charge in [0.1, 0.15) is 0 Å². The van der Waals surface area contributed by atoms with E-state index in [1.54, 1.807) is 11.8 Å². The number of rotatable bonds is 4. The minimum absolute atomic E-state index is 0.291. The summed E-state index contributed by atoms with van der Waals surface area (Å²) in [6, 6.07) is 6.23. The molecular weight excluding hydrogens is 204 g/mol. The number of hydrogen-bond acceptors (Lipinski definition) is 2. The third-order valence-corrected chi connectivity index (χ3v) is 3.57. The first kappa shape index (κ1) is 10.7. The van der Waals surface area contributed by atoms with E-state index in [9.17, 15) is 4.79 Å². The van der Waals surface area contributed by atoms with Crippen molar-refractivity contribution in [3.63, 3.8) is 0 Å². The Morgan fingerprint density at radius 2 is 2.13 bits per heavy atom. The van der Waals surface area contributed by atoms with Crippen LogP contribution in [-0.2, 0) is 12.8 Å². The molecule has 0 atom stereocenters. The van der Waals surface area contributed by atoms with Crippen molar-refractivity contribution in [2.75, 3.05) is 12.0 Å². The molecule has 0 saturated heterocycles. The fraction of sp³-hybridized carbons (Fsp3) is 0.462. The van der Waals surface area contributed by atoms with Gasteiger partial charge in [0.15, 0.2) is 5.78 Å². The van der Waals surface area contributed by atoms with Gasteiger partial charge in [-0.1, -0.05) is 12.1 Å². The lowest BCUT2D eigenvalue weighted by Crippen LogP contribution is -2.01. The van der Waals surface area contributed by atoms with E-state index >= 15 is 0 Å². The van der Waals surface area contributed by atoms with Crippen LogP contribution >= 0.6 is 11.8 Å². The summed E-state index contributed by atoms with van der Waals surface area (Å²) in [5.74, 6) is 1.22. The van der Waals surface area contributed by atoms with Gasteiger partial charge in [0.2, 0.25) is 0 Å². The summed E-state index contributed by atoms with van der Waals surface area (Å²) in [5, 5.41) is 0. The van der Waals surface area contributed by atoms with E-state index in [-0.39, 0.29) is 0 Å². The number of fused-ring (bicyclic) bond motifs is 1. The second kappa shape index (κ2) is 4.84. The van der Waals surface area contributed by atoms with E-state index in [0.29, 0.717) is 12.2 Å². The van der Waals surface area contributed by atoms with Gasteiger partial charge in [-0.3, -0.25) is 4.79 Å². The Balaban J connectivity index is 2.12. The van der Waals surface area contributed by atoms with Crippen molar-refractivity contribution < 1.29 is 4.79 Å². The van der Waals surface area contributed by atoms with Gasteiger partial charge in [-0.15, -0.1) is 0 Å². The summed E-state index contributed by atoms with van der Waals surface area (Å²) < 4.78 is 0. The Labute approximate surface area is 95.3 Å². The summed E-state index contributed by atoms with van der Waals surface area (Å²) in [4.78, 5) is 11.8. The predicted octanol–water partition coefficient (Wildman–Crippen LogP) is 3.11. The molecule has 0 fully saturated rings. The van der Waals surface area contributed by atoms with E-state index < -0.39 is 0 Å². The summed E-state index contributed by atoms with van der Waals surface area (Å²) in [5.41, 5.74) is 3.74. The molecule has 1 aliphatic rings. The molecule has 1 aliphatic carbocycles. The predicted molar refractivity (Wildman–Crippen MR) is 65.8 cm³/mol. The van der Waals surface area contributed by atoms with Gasteiger partial charge in [0.25, 0.3) is 0 Å². The monoisotopic (exact) mass is 220 g/mol. The van der Waals surface area contributed by atoms with Crippen molar-refractivity contribution in [2.45, 2.75) is 25.7 Å². The van der Waals surface area contributed by atoms with E-state index in [1.165, 1.54) is 24.0 Å². The van der Waals surface area contributed by atoms with E-state index in [1.807, 2.05) is 12.3 Å². The SMILES string of the molecule is CSCCC(=O)c1ccc2c(c1)CCC2. The Bertz CT molecular complexity index is 371. The Morgan fingerprint density at radius 1 is 1.33 bits per heavy atom. The van der Waals surface area contributed by atoms with Crippen LogP contribution in [0.15, 0.2) is 18.2 Å². The molecule has 0 amide bonds. The molecule has 0 radical (unpaired) electrons. The Hall–Kier alpha value is -0.760. The van der Waals surface area contributed by atoms with Crippen LogP contribution in [0.25, 0.3) is 0 Å². The van der Waals surface area contributed by atoms with Crippen LogP contribution in [0.3, 0.4) is 0 Å². The summed E-state index contributed by atoms with van der Waals surface area (Å²) in [7, 11) is 0. The zero-order valence-electron chi connectivity index (χ0n) is 9.08. The molecule has 2 rings (SSSR count). The van der Waals surface area contributed by atoms with E-state index in [4.69, 9.17) is 0 Å². The number of ketones is 1. The number of aryl methyl sites for hydroxylation is 2. The van der Waals surface area contributed by atoms with Crippen molar-refractivity contribution >= 4 is 17.5 Å². The first-order valence-electron chi connectivity index (χ1n) is 5.45. The Kier molecular flexibility index (Phi) is 3.47. The van der Waals surface area contributed by atoms with Gasteiger partial charge in [-0.25, -0.2) is 0 Å². The molecule has 0 aliphatic heterocycles. The summed E-state index contributed by atoms with van der Waals surface area (Å²) >= 11 is 1.73. The molecule has 0 saturated carbocycles. The highest BCUT2D eigenvalue weighted by atomic mass is 32.2. The lowest BCUT2D eigenvalue weighted by Gasteiger charge is -2.03. The molecule has 0 heterocycles. The minimum Gasteiger partial charge on any atom is -0.294 e. The third-order valence-electron chi connectivity index (χ3n) is 2.95. The highest BCUT2D eigenvalue weighted by Gasteiger charge is 2.13. The van der Waals surface area contributed by atoms with Crippen molar-refractivity contribution in [3.05, 3.63) is 34.9 Å². The molecule has 1 aromatic carbocycles. The number of carbonyl (C=O) groups is 1. The van der Waals surface area contributed by atoms with Crippen molar-refractivity contribution in [2.24, 2.45) is 0 Å². The smallest absolute Gasteiger partial charge is 0.163 e. The van der Waals surface area contributed by atoms with Crippen LogP contribution in [0.5, 0.6) is 0 Å². The van der Waals surface area contributed by atoms with Gasteiger partial charge in [-0.05, 0) is 42.7 Å². The highest BCUT2D eigenvalue weighted by molar-refractivity contribution is 7.98. The molecule has 0 N–H and O–H groups in total. The van der Waals surface area contributed by atoms with Crippen molar-refractivity contribution in [1.29, 1.82) is 0 Å². The number of thioether (sulfide) groups is 1. The number of carbonyl (C=O) groups excluding carboxylic acids is 1. The highest BCUT2D eigenvalue weighted by Crippen LogP contribution is 2.23. The van der Waals surface area contributed by atoms with Crippen LogP contribution in [0, 0.1) is 0 Å². The van der Waals surface area contributed by atoms with Gasteiger partial charge in [0, 0.05) is 17.7 Å². The topological polar surface area (TPSA) is 17.1 Å². The molecule has 1 aromatic rings. The van der Waals surface area contributed by atoms with Gasteiger partial charge in [0.05, 0.1) is 0 Å². The largest absolute Gasteiger partial charge is 0.294 e. The van der Waals surface area contributed by atoms with Crippen molar-refractivity contribution in [3.8, 4) is 0 Å². The fourth-order valence-electron chi connectivity index (χ4n) is 2.08. The molecule has 15 heavy (non-hydrogen) atoms. The van der Waals surface area contributed by atoms with Crippen LogP contribution in [0.2, 0.25) is 0 Å². The molecular formula is C13H16OS. The van der Waals surface area contributed by atoms with E-state index in [0.717, 1.165) is 17.7 Å². The number of hydrogen-bond donors (Lipinski definition) is 0. The molecule has 0 aromatic heterocycles. The number of benzene rings is 1. The molecule has 0 unspecified atom stereocenters. The van der Waals surface area contributed by atoms with Gasteiger partial charge in [-0.2, -0.15) is 11.8 Å². The first-order valence-corrected chi connectivity index (χ1v) is 6.84. The zero-order valence-corrected chi connectivity index (χ0v) is 9.90. The third kappa shape index (κ3) is 2.43. The first-order chi connectivity index (χ1) is 7.31. The maximum atomic E-state index is 11.8. The average Bonchev–Trinajstić information content (AvgIpc) is 2.72. The summed E-state index contributed by atoms with van der Waals surface area (Å²) in [6.45, 7) is 0. The molecule has 0 bridgehead atoms. The van der Waals surface area contributed by atoms with Gasteiger partial charge >= 0.3 is 0 Å². The second-order valence-corrected chi connectivity index (χ2v) is 4.99. The fourth-order valence-corrected chi connectivity index (χ4v) is 2.47. The van der Waals surface area contributed by atoms with Crippen molar-refractivity contribution in [1.82, 2.24) is 0 Å².